The predicted octanol–water partition coefficient (Wildman–Crippen LogP) is 2.32. The van der Waals surface area contributed by atoms with Gasteiger partial charge < -0.3 is 10.1 Å². The second kappa shape index (κ2) is 5.69. The Morgan fingerprint density at radius 1 is 1.33 bits per heavy atom. The monoisotopic (exact) mass is 260 g/mol. The first kappa shape index (κ1) is 12.0. The van der Waals surface area contributed by atoms with Crippen LogP contribution in [0.1, 0.15) is 0 Å². The average Bonchev–Trinajstić information content (AvgIpc) is 2.46. The lowest BCUT2D eigenvalue weighted by Gasteiger charge is -2.23. The van der Waals surface area contributed by atoms with Crippen LogP contribution in [0.3, 0.4) is 0 Å². The minimum absolute atomic E-state index is 0.315. The number of pyridine rings is 1. The van der Waals surface area contributed by atoms with Crippen molar-refractivity contribution in [2.45, 2.75) is 11.0 Å². The first-order valence-corrected chi connectivity index (χ1v) is 7.21. The normalized spacial score (nSPS) is 20.1. The van der Waals surface area contributed by atoms with E-state index >= 15 is 0 Å². The standard InChI is InChI=1S/C14H16N2OS/c1-4-13-12(3-2-6-16-13)14(5-1)18-10-11-9-15-7-8-17-11/h1-6,11,15H,7-10H2/t11-/m0/s1. The zero-order valence-corrected chi connectivity index (χ0v) is 11.0. The molecule has 0 spiro atoms. The third-order valence-corrected chi connectivity index (χ3v) is 4.24. The third-order valence-electron chi connectivity index (χ3n) is 3.03. The molecular formula is C14H16N2OS. The van der Waals surface area contributed by atoms with Crippen molar-refractivity contribution in [3.8, 4) is 0 Å². The minimum Gasteiger partial charge on any atom is -0.375 e. The Morgan fingerprint density at radius 2 is 2.33 bits per heavy atom. The van der Waals surface area contributed by atoms with Crippen molar-refractivity contribution in [3.05, 3.63) is 36.5 Å². The highest BCUT2D eigenvalue weighted by Gasteiger charge is 2.14. The van der Waals surface area contributed by atoms with Crippen LogP contribution in [0, 0.1) is 0 Å². The molecule has 0 unspecified atom stereocenters. The van der Waals surface area contributed by atoms with Gasteiger partial charge in [0.15, 0.2) is 0 Å². The number of nitrogens with one attached hydrogen (secondary N) is 1. The molecule has 1 atom stereocenters. The van der Waals surface area contributed by atoms with Crippen molar-refractivity contribution >= 4 is 22.7 Å². The Balaban J connectivity index is 1.74. The van der Waals surface area contributed by atoms with Crippen molar-refractivity contribution < 1.29 is 4.74 Å². The van der Waals surface area contributed by atoms with Gasteiger partial charge in [-0.2, -0.15) is 0 Å². The van der Waals surface area contributed by atoms with Gasteiger partial charge in [-0.15, -0.1) is 11.8 Å². The Bertz CT molecular complexity index is 521. The number of fused-ring (bicyclic) bond motifs is 1. The Morgan fingerprint density at radius 3 is 3.22 bits per heavy atom. The molecule has 0 bridgehead atoms. The molecule has 3 rings (SSSR count). The van der Waals surface area contributed by atoms with E-state index in [1.165, 1.54) is 10.3 Å². The molecule has 0 saturated carbocycles. The molecule has 18 heavy (non-hydrogen) atoms. The maximum absolute atomic E-state index is 5.71. The van der Waals surface area contributed by atoms with E-state index in [0.717, 1.165) is 31.0 Å². The van der Waals surface area contributed by atoms with Gasteiger partial charge in [-0.1, -0.05) is 12.1 Å². The predicted molar refractivity (Wildman–Crippen MR) is 75.1 cm³/mol. The van der Waals surface area contributed by atoms with Crippen LogP contribution < -0.4 is 5.32 Å². The summed E-state index contributed by atoms with van der Waals surface area (Å²) in [6, 6.07) is 10.4. The Kier molecular flexibility index (Phi) is 3.78. The first-order valence-electron chi connectivity index (χ1n) is 6.22. The van der Waals surface area contributed by atoms with Crippen LogP contribution in [-0.2, 0) is 4.74 Å². The summed E-state index contributed by atoms with van der Waals surface area (Å²) in [4.78, 5) is 5.67. The number of thioether (sulfide) groups is 1. The second-order valence-electron chi connectivity index (χ2n) is 4.33. The summed E-state index contributed by atoms with van der Waals surface area (Å²) in [7, 11) is 0. The summed E-state index contributed by atoms with van der Waals surface area (Å²) in [5.74, 6) is 0.987. The van der Waals surface area contributed by atoms with Crippen LogP contribution in [0.2, 0.25) is 0 Å². The summed E-state index contributed by atoms with van der Waals surface area (Å²) in [6.45, 7) is 2.75. The highest BCUT2D eigenvalue weighted by molar-refractivity contribution is 7.99. The number of morpholine rings is 1. The van der Waals surface area contributed by atoms with E-state index in [4.69, 9.17) is 4.74 Å². The zero-order chi connectivity index (χ0) is 12.2. The zero-order valence-electron chi connectivity index (χ0n) is 10.1. The molecular weight excluding hydrogens is 244 g/mol. The molecule has 0 amide bonds. The van der Waals surface area contributed by atoms with Gasteiger partial charge >= 0.3 is 0 Å². The van der Waals surface area contributed by atoms with Crippen molar-refractivity contribution in [2.24, 2.45) is 0 Å². The highest BCUT2D eigenvalue weighted by Crippen LogP contribution is 2.27. The van der Waals surface area contributed by atoms with Crippen LogP contribution >= 0.6 is 11.8 Å². The molecule has 3 nitrogen and oxygen atoms in total. The number of benzene rings is 1. The van der Waals surface area contributed by atoms with Crippen molar-refractivity contribution in [2.75, 3.05) is 25.4 Å². The number of hydrogen-bond acceptors (Lipinski definition) is 4. The van der Waals surface area contributed by atoms with E-state index in [9.17, 15) is 0 Å². The van der Waals surface area contributed by atoms with Gasteiger partial charge in [0, 0.05) is 35.3 Å². The fraction of sp³-hybridized carbons (Fsp3) is 0.357. The quantitative estimate of drug-likeness (QED) is 0.859. The first-order chi connectivity index (χ1) is 8.93. The fourth-order valence-corrected chi connectivity index (χ4v) is 3.19. The topological polar surface area (TPSA) is 34.1 Å². The van der Waals surface area contributed by atoms with Crippen LogP contribution in [0.4, 0.5) is 0 Å². The number of hydrogen-bond donors (Lipinski definition) is 1. The molecule has 1 aromatic heterocycles. The summed E-state index contributed by atoms with van der Waals surface area (Å²) in [6.07, 6.45) is 2.15. The molecule has 1 saturated heterocycles. The fourth-order valence-electron chi connectivity index (χ4n) is 2.11. The molecule has 94 valence electrons. The van der Waals surface area contributed by atoms with E-state index in [0.29, 0.717) is 6.10 Å². The van der Waals surface area contributed by atoms with Gasteiger partial charge in [0.2, 0.25) is 0 Å². The summed E-state index contributed by atoms with van der Waals surface area (Å²) in [5.41, 5.74) is 1.06. The lowest BCUT2D eigenvalue weighted by atomic mass is 10.2. The summed E-state index contributed by atoms with van der Waals surface area (Å²) in [5, 5.41) is 4.59. The van der Waals surface area contributed by atoms with E-state index in [1.54, 1.807) is 0 Å². The molecule has 1 aromatic carbocycles. The van der Waals surface area contributed by atoms with E-state index in [2.05, 4.69) is 34.6 Å². The molecule has 1 N–H and O–H groups in total. The van der Waals surface area contributed by atoms with Gasteiger partial charge in [0.05, 0.1) is 18.2 Å². The molecule has 0 radical (unpaired) electrons. The third kappa shape index (κ3) is 2.66. The number of rotatable bonds is 3. The van der Waals surface area contributed by atoms with Gasteiger partial charge in [-0.05, 0) is 18.2 Å². The number of nitrogens with zero attached hydrogens (tertiary/aromatic N) is 1. The van der Waals surface area contributed by atoms with Gasteiger partial charge in [-0.25, -0.2) is 0 Å². The van der Waals surface area contributed by atoms with Gasteiger partial charge in [0.1, 0.15) is 0 Å². The average molecular weight is 260 g/mol. The Hall–Kier alpha value is -1.10. The summed E-state index contributed by atoms with van der Waals surface area (Å²) < 4.78 is 5.71. The van der Waals surface area contributed by atoms with E-state index in [-0.39, 0.29) is 0 Å². The van der Waals surface area contributed by atoms with Crippen LogP contribution in [0.5, 0.6) is 0 Å². The van der Waals surface area contributed by atoms with E-state index in [1.807, 2.05) is 24.0 Å². The van der Waals surface area contributed by atoms with Crippen LogP contribution in [0.25, 0.3) is 10.9 Å². The van der Waals surface area contributed by atoms with Crippen molar-refractivity contribution in [1.29, 1.82) is 0 Å². The van der Waals surface area contributed by atoms with Crippen LogP contribution in [0.15, 0.2) is 41.4 Å². The lowest BCUT2D eigenvalue weighted by molar-refractivity contribution is 0.0441. The lowest BCUT2D eigenvalue weighted by Crippen LogP contribution is -2.39. The maximum atomic E-state index is 5.71. The number of ether oxygens (including phenoxy) is 1. The molecule has 1 fully saturated rings. The minimum atomic E-state index is 0.315. The molecule has 2 heterocycles. The smallest absolute Gasteiger partial charge is 0.0793 e. The van der Waals surface area contributed by atoms with E-state index < -0.39 is 0 Å². The van der Waals surface area contributed by atoms with Crippen LogP contribution in [-0.4, -0.2) is 36.5 Å². The number of aromatic nitrogens is 1. The van der Waals surface area contributed by atoms with Gasteiger partial charge in [0.25, 0.3) is 0 Å². The Labute approximate surface area is 111 Å². The van der Waals surface area contributed by atoms with Crippen molar-refractivity contribution in [3.63, 3.8) is 0 Å². The highest BCUT2D eigenvalue weighted by atomic mass is 32.2. The molecule has 0 aliphatic carbocycles. The van der Waals surface area contributed by atoms with Gasteiger partial charge in [-0.3, -0.25) is 4.98 Å². The molecule has 4 heteroatoms. The maximum Gasteiger partial charge on any atom is 0.0793 e. The molecule has 1 aliphatic rings. The SMILES string of the molecule is c1cc(SC[C@@H]2CNCCO2)c2cccnc2c1. The molecule has 1 aliphatic heterocycles. The summed E-state index contributed by atoms with van der Waals surface area (Å²) >= 11 is 1.85. The molecule has 2 aromatic rings. The van der Waals surface area contributed by atoms with Crippen molar-refractivity contribution in [1.82, 2.24) is 10.3 Å². The largest absolute Gasteiger partial charge is 0.375 e. The second-order valence-corrected chi connectivity index (χ2v) is 5.40.